The summed E-state index contributed by atoms with van der Waals surface area (Å²) in [5, 5.41) is 0. The van der Waals surface area contributed by atoms with Gasteiger partial charge in [0, 0.05) is 0 Å². The molecule has 0 saturated carbocycles. The van der Waals surface area contributed by atoms with Crippen LogP contribution in [0.5, 0.6) is 5.75 Å². The number of carbonyl (C=O) groups is 1. The van der Waals surface area contributed by atoms with E-state index in [0.29, 0.717) is 0 Å². The summed E-state index contributed by atoms with van der Waals surface area (Å²) in [5.41, 5.74) is 5.23. The Morgan fingerprint density at radius 2 is 1.44 bits per heavy atom. The summed E-state index contributed by atoms with van der Waals surface area (Å²) in [7, 11) is 3.03. The first kappa shape index (κ1) is 17.3. The maximum atomic E-state index is 12.0. The minimum atomic E-state index is -0.558. The zero-order chi connectivity index (χ0) is 18.8. The van der Waals surface area contributed by atoms with Crippen molar-refractivity contribution in [1.82, 2.24) is 0 Å². The Morgan fingerprint density at radius 1 is 0.815 bits per heavy atom. The molecule has 2 atom stereocenters. The van der Waals surface area contributed by atoms with Crippen LogP contribution in [0.4, 0.5) is 0 Å². The van der Waals surface area contributed by atoms with E-state index in [1.54, 1.807) is 7.11 Å². The predicted octanol–water partition coefficient (Wildman–Crippen LogP) is 4.64. The summed E-state index contributed by atoms with van der Waals surface area (Å²) in [6, 6.07) is 24.2. The van der Waals surface area contributed by atoms with Gasteiger partial charge in [-0.15, -0.1) is 0 Å². The molecule has 0 radical (unpaired) electrons. The average molecular weight is 360 g/mol. The first-order valence-electron chi connectivity index (χ1n) is 8.79. The van der Waals surface area contributed by atoms with E-state index in [2.05, 4.69) is 24.3 Å². The summed E-state index contributed by atoms with van der Waals surface area (Å²) in [4.78, 5) is 12.0. The van der Waals surface area contributed by atoms with Crippen molar-refractivity contribution in [3.63, 3.8) is 0 Å². The molecule has 0 aliphatic carbocycles. The lowest BCUT2D eigenvalue weighted by molar-refractivity contribution is -0.142. The van der Waals surface area contributed by atoms with Gasteiger partial charge in [0.1, 0.15) is 11.9 Å². The van der Waals surface area contributed by atoms with E-state index in [1.165, 1.54) is 7.11 Å². The number of carbonyl (C=O) groups excluding carboxylic acids is 1. The van der Waals surface area contributed by atoms with Gasteiger partial charge in [0.2, 0.25) is 0 Å². The molecule has 0 aromatic heterocycles. The van der Waals surface area contributed by atoms with Gasteiger partial charge < -0.3 is 14.2 Å². The zero-order valence-electron chi connectivity index (χ0n) is 15.2. The van der Waals surface area contributed by atoms with Crippen LogP contribution in [-0.4, -0.2) is 26.3 Å². The second kappa shape index (κ2) is 7.25. The number of rotatable bonds is 5. The molecule has 0 spiro atoms. The Labute approximate surface area is 158 Å². The quantitative estimate of drug-likeness (QED) is 0.491. The van der Waals surface area contributed by atoms with Crippen LogP contribution in [0.2, 0.25) is 0 Å². The topological polar surface area (TPSA) is 48.1 Å². The highest BCUT2D eigenvalue weighted by Crippen LogP contribution is 2.48. The SMILES string of the molecule is COC(=O)C1OC1c1c(-c2ccccc2)cccc1-c1ccc(OC)cc1. The van der Waals surface area contributed by atoms with Gasteiger partial charge in [0.15, 0.2) is 6.10 Å². The number of esters is 1. The second-order valence-corrected chi connectivity index (χ2v) is 6.36. The van der Waals surface area contributed by atoms with E-state index in [-0.39, 0.29) is 12.1 Å². The first-order valence-corrected chi connectivity index (χ1v) is 8.79. The van der Waals surface area contributed by atoms with Gasteiger partial charge in [-0.2, -0.15) is 0 Å². The van der Waals surface area contributed by atoms with Crippen molar-refractivity contribution in [2.75, 3.05) is 14.2 Å². The van der Waals surface area contributed by atoms with Gasteiger partial charge in [-0.25, -0.2) is 4.79 Å². The maximum absolute atomic E-state index is 12.0. The Kier molecular flexibility index (Phi) is 4.65. The van der Waals surface area contributed by atoms with Crippen molar-refractivity contribution >= 4 is 5.97 Å². The van der Waals surface area contributed by atoms with Crippen LogP contribution >= 0.6 is 0 Å². The van der Waals surface area contributed by atoms with Crippen molar-refractivity contribution < 1.29 is 19.0 Å². The fourth-order valence-electron chi connectivity index (χ4n) is 3.39. The summed E-state index contributed by atoms with van der Waals surface area (Å²) < 4.78 is 15.9. The lowest BCUT2D eigenvalue weighted by Crippen LogP contribution is -2.10. The van der Waals surface area contributed by atoms with Crippen LogP contribution in [0.25, 0.3) is 22.3 Å². The normalized spacial score (nSPS) is 18.0. The van der Waals surface area contributed by atoms with Crippen molar-refractivity contribution in [2.24, 2.45) is 0 Å². The highest BCUT2D eigenvalue weighted by atomic mass is 16.6. The van der Waals surface area contributed by atoms with Crippen LogP contribution in [-0.2, 0) is 14.3 Å². The summed E-state index contributed by atoms with van der Waals surface area (Å²) in [6.07, 6.45) is -0.872. The van der Waals surface area contributed by atoms with Crippen LogP contribution in [0.3, 0.4) is 0 Å². The van der Waals surface area contributed by atoms with Crippen LogP contribution in [0.15, 0.2) is 72.8 Å². The molecule has 1 heterocycles. The molecule has 0 bridgehead atoms. The maximum Gasteiger partial charge on any atom is 0.338 e. The molecule has 3 aromatic rings. The molecule has 4 nitrogen and oxygen atoms in total. The summed E-state index contributed by atoms with van der Waals surface area (Å²) in [6.45, 7) is 0. The molecule has 0 amide bonds. The smallest absolute Gasteiger partial charge is 0.338 e. The Bertz CT molecular complexity index is 948. The van der Waals surface area contributed by atoms with Crippen molar-refractivity contribution in [2.45, 2.75) is 12.2 Å². The molecule has 1 aliphatic rings. The number of hydrogen-bond acceptors (Lipinski definition) is 4. The molecular weight excluding hydrogens is 340 g/mol. The Balaban J connectivity index is 1.85. The molecule has 1 aliphatic heterocycles. The van der Waals surface area contributed by atoms with E-state index >= 15 is 0 Å². The van der Waals surface area contributed by atoms with Gasteiger partial charge >= 0.3 is 5.97 Å². The number of epoxide rings is 1. The molecule has 0 N–H and O–H groups in total. The minimum absolute atomic E-state index is 0.314. The monoisotopic (exact) mass is 360 g/mol. The average Bonchev–Trinajstić information content (AvgIpc) is 3.54. The summed E-state index contributed by atoms with van der Waals surface area (Å²) >= 11 is 0. The molecule has 4 rings (SSSR count). The molecule has 2 unspecified atom stereocenters. The van der Waals surface area contributed by atoms with Gasteiger partial charge in [-0.1, -0.05) is 60.7 Å². The number of benzene rings is 3. The molecular formula is C23H20O4. The van der Waals surface area contributed by atoms with Gasteiger partial charge in [-0.3, -0.25) is 0 Å². The first-order chi connectivity index (χ1) is 13.2. The van der Waals surface area contributed by atoms with Crippen LogP contribution < -0.4 is 4.74 Å². The third-order valence-corrected chi connectivity index (χ3v) is 4.80. The van der Waals surface area contributed by atoms with E-state index in [1.807, 2.05) is 48.5 Å². The van der Waals surface area contributed by atoms with Crippen LogP contribution in [0.1, 0.15) is 11.7 Å². The lowest BCUT2D eigenvalue weighted by Gasteiger charge is -2.14. The van der Waals surface area contributed by atoms with E-state index in [4.69, 9.17) is 14.2 Å². The second-order valence-electron chi connectivity index (χ2n) is 6.36. The number of hydrogen-bond donors (Lipinski definition) is 0. The van der Waals surface area contributed by atoms with Crippen molar-refractivity contribution in [1.29, 1.82) is 0 Å². The van der Waals surface area contributed by atoms with E-state index < -0.39 is 6.10 Å². The van der Waals surface area contributed by atoms with Gasteiger partial charge in [-0.05, 0) is 39.9 Å². The largest absolute Gasteiger partial charge is 0.497 e. The van der Waals surface area contributed by atoms with Gasteiger partial charge in [0.05, 0.1) is 14.2 Å². The molecule has 1 fully saturated rings. The third kappa shape index (κ3) is 3.32. The molecule has 136 valence electrons. The lowest BCUT2D eigenvalue weighted by atomic mass is 9.89. The van der Waals surface area contributed by atoms with Crippen LogP contribution in [0, 0.1) is 0 Å². The molecule has 4 heteroatoms. The van der Waals surface area contributed by atoms with E-state index in [0.717, 1.165) is 33.6 Å². The standard InChI is InChI=1S/C23H20O4/c1-25-17-13-11-16(12-14-17)19-10-6-9-18(15-7-4-3-5-8-15)20(19)21-22(27-21)23(24)26-2/h3-14,21-22H,1-2H3. The van der Waals surface area contributed by atoms with Crippen molar-refractivity contribution in [3.05, 3.63) is 78.4 Å². The predicted molar refractivity (Wildman–Crippen MR) is 103 cm³/mol. The number of methoxy groups -OCH3 is 2. The van der Waals surface area contributed by atoms with Gasteiger partial charge in [0.25, 0.3) is 0 Å². The summed E-state index contributed by atoms with van der Waals surface area (Å²) in [5.74, 6) is 0.457. The number of ether oxygens (including phenoxy) is 3. The van der Waals surface area contributed by atoms with E-state index in [9.17, 15) is 4.79 Å². The fraction of sp³-hybridized carbons (Fsp3) is 0.174. The highest BCUT2D eigenvalue weighted by molar-refractivity contribution is 5.84. The Hall–Kier alpha value is -3.11. The van der Waals surface area contributed by atoms with Crippen molar-refractivity contribution in [3.8, 4) is 28.0 Å². The third-order valence-electron chi connectivity index (χ3n) is 4.80. The Morgan fingerprint density at radius 3 is 2.04 bits per heavy atom. The molecule has 3 aromatic carbocycles. The highest BCUT2D eigenvalue weighted by Gasteiger charge is 2.49. The fourth-order valence-corrected chi connectivity index (χ4v) is 3.39. The molecule has 27 heavy (non-hydrogen) atoms. The molecule has 1 saturated heterocycles. The zero-order valence-corrected chi connectivity index (χ0v) is 15.2. The minimum Gasteiger partial charge on any atom is -0.497 e.